The first-order valence-corrected chi connectivity index (χ1v) is 16.5. The predicted octanol–water partition coefficient (Wildman–Crippen LogP) is 4.20. The van der Waals surface area contributed by atoms with E-state index in [4.69, 9.17) is 4.74 Å². The summed E-state index contributed by atoms with van der Waals surface area (Å²) in [4.78, 5) is 29.4. The second-order valence-corrected chi connectivity index (χ2v) is 14.2. The van der Waals surface area contributed by atoms with E-state index in [1.165, 1.54) is 48.7 Å². The highest BCUT2D eigenvalue weighted by molar-refractivity contribution is 7.87. The molecule has 11 heteroatoms. The number of rotatable bonds is 9. The van der Waals surface area contributed by atoms with Gasteiger partial charge >= 0.3 is 0 Å². The maximum Gasteiger partial charge on any atom is 0.279 e. The molecule has 2 heterocycles. The van der Waals surface area contributed by atoms with Gasteiger partial charge in [-0.05, 0) is 65.8 Å². The zero-order valence-corrected chi connectivity index (χ0v) is 27.3. The van der Waals surface area contributed by atoms with Crippen LogP contribution in [-0.2, 0) is 32.9 Å². The Balaban J connectivity index is 1.69. The van der Waals surface area contributed by atoms with Crippen LogP contribution >= 0.6 is 0 Å². The monoisotopic (exact) mass is 621 g/mol. The molecular weight excluding hydrogens is 578 g/mol. The molecule has 236 valence electrons. The standard InChI is InChI=1S/C33H43N5O5S/c1-35(2)30(39)21-37(5)33(40)25-17-24-18-26(43-6)13-15-27(24)32-31(23-10-8-7-9-11-23)28-14-12-22(16-29(28)38(32)20-25)19-34-44(41,42)36(3)4/h12-18,23,34H,7-11,19-21H2,1-6H3. The van der Waals surface area contributed by atoms with Crippen LogP contribution in [0.5, 0.6) is 5.75 Å². The molecule has 3 aromatic rings. The Labute approximate surface area is 260 Å². The van der Waals surface area contributed by atoms with Gasteiger partial charge in [0.2, 0.25) is 5.91 Å². The summed E-state index contributed by atoms with van der Waals surface area (Å²) >= 11 is 0. The lowest BCUT2D eigenvalue weighted by Gasteiger charge is -2.24. The minimum Gasteiger partial charge on any atom is -0.497 e. The van der Waals surface area contributed by atoms with Gasteiger partial charge in [0.15, 0.2) is 0 Å². The molecule has 1 fully saturated rings. The lowest BCUT2D eigenvalue weighted by Crippen LogP contribution is -2.38. The molecule has 2 amide bonds. The van der Waals surface area contributed by atoms with Crippen LogP contribution in [0.2, 0.25) is 0 Å². The van der Waals surface area contributed by atoms with Gasteiger partial charge in [0, 0.05) is 63.8 Å². The molecule has 2 aliphatic rings. The summed E-state index contributed by atoms with van der Waals surface area (Å²) in [6.07, 6.45) is 7.68. The predicted molar refractivity (Wildman–Crippen MR) is 174 cm³/mol. The summed E-state index contributed by atoms with van der Waals surface area (Å²) in [5, 5.41) is 1.12. The van der Waals surface area contributed by atoms with E-state index in [9.17, 15) is 18.0 Å². The fraction of sp³-hybridized carbons (Fsp3) is 0.455. The van der Waals surface area contributed by atoms with E-state index in [0.717, 1.165) is 50.4 Å². The lowest BCUT2D eigenvalue weighted by molar-refractivity contribution is -0.136. The van der Waals surface area contributed by atoms with E-state index in [2.05, 4.69) is 21.4 Å². The fourth-order valence-electron chi connectivity index (χ4n) is 6.29. The summed E-state index contributed by atoms with van der Waals surface area (Å²) in [5.74, 6) is 0.682. The van der Waals surface area contributed by atoms with E-state index in [1.807, 2.05) is 30.3 Å². The largest absolute Gasteiger partial charge is 0.497 e. The van der Waals surface area contributed by atoms with Gasteiger partial charge in [-0.15, -0.1) is 0 Å². The van der Waals surface area contributed by atoms with Crippen molar-refractivity contribution >= 4 is 39.0 Å². The number of ether oxygens (including phenoxy) is 1. The lowest BCUT2D eigenvalue weighted by atomic mass is 9.81. The third kappa shape index (κ3) is 6.27. The van der Waals surface area contributed by atoms with Gasteiger partial charge in [0.25, 0.3) is 16.1 Å². The number of methoxy groups -OCH3 is 1. The van der Waals surface area contributed by atoms with E-state index in [-0.39, 0.29) is 24.9 Å². The normalized spacial score (nSPS) is 15.4. The van der Waals surface area contributed by atoms with Gasteiger partial charge in [0.1, 0.15) is 5.75 Å². The topological polar surface area (TPSA) is 104 Å². The fourth-order valence-corrected chi connectivity index (χ4v) is 6.90. The van der Waals surface area contributed by atoms with Crippen molar-refractivity contribution in [3.05, 3.63) is 58.7 Å². The van der Waals surface area contributed by atoms with Crippen LogP contribution in [0.3, 0.4) is 0 Å². The Morgan fingerprint density at radius 1 is 1.00 bits per heavy atom. The van der Waals surface area contributed by atoms with Crippen molar-refractivity contribution in [3.63, 3.8) is 0 Å². The van der Waals surface area contributed by atoms with E-state index < -0.39 is 10.2 Å². The molecule has 0 saturated heterocycles. The van der Waals surface area contributed by atoms with Crippen molar-refractivity contribution < 1.29 is 22.7 Å². The van der Waals surface area contributed by atoms with E-state index in [1.54, 1.807) is 28.3 Å². The highest BCUT2D eigenvalue weighted by Crippen LogP contribution is 2.47. The number of carbonyl (C=O) groups excluding carboxylic acids is 2. The van der Waals surface area contributed by atoms with Crippen molar-refractivity contribution in [2.45, 2.75) is 51.1 Å². The smallest absolute Gasteiger partial charge is 0.279 e. The average Bonchev–Trinajstić information content (AvgIpc) is 3.21. The average molecular weight is 622 g/mol. The molecule has 0 atom stereocenters. The molecule has 1 aliphatic heterocycles. The molecule has 44 heavy (non-hydrogen) atoms. The quantitative estimate of drug-likeness (QED) is 0.386. The molecule has 0 radical (unpaired) electrons. The number of fused-ring (bicyclic) bond motifs is 5. The molecular formula is C33H43N5O5S. The minimum atomic E-state index is -3.60. The Kier molecular flexibility index (Phi) is 9.20. The van der Waals surface area contributed by atoms with Crippen molar-refractivity contribution in [2.75, 3.05) is 48.9 Å². The van der Waals surface area contributed by atoms with Crippen LogP contribution in [-0.4, -0.2) is 87.8 Å². The van der Waals surface area contributed by atoms with Gasteiger partial charge in [-0.1, -0.05) is 31.4 Å². The molecule has 2 aromatic carbocycles. The molecule has 0 unspecified atom stereocenters. The van der Waals surface area contributed by atoms with E-state index in [0.29, 0.717) is 23.8 Å². The number of nitrogens with one attached hydrogen (secondary N) is 1. The number of amides is 2. The Morgan fingerprint density at radius 3 is 2.39 bits per heavy atom. The molecule has 0 spiro atoms. The van der Waals surface area contributed by atoms with Gasteiger partial charge in [-0.25, -0.2) is 0 Å². The van der Waals surface area contributed by atoms with Crippen molar-refractivity contribution in [1.82, 2.24) is 23.4 Å². The molecule has 1 N–H and O–H groups in total. The van der Waals surface area contributed by atoms with Gasteiger partial charge in [-0.2, -0.15) is 17.4 Å². The summed E-state index contributed by atoms with van der Waals surface area (Å²) < 4.78 is 36.6. The third-order valence-electron chi connectivity index (χ3n) is 8.79. The number of hydrogen-bond acceptors (Lipinski definition) is 5. The molecule has 1 aromatic heterocycles. The van der Waals surface area contributed by atoms with Crippen LogP contribution in [0.4, 0.5) is 0 Å². The first kappa shape index (κ1) is 31.7. The highest BCUT2D eigenvalue weighted by Gasteiger charge is 2.31. The molecule has 0 bridgehead atoms. The van der Waals surface area contributed by atoms with Crippen LogP contribution in [0.15, 0.2) is 42.0 Å². The number of likely N-dealkylation sites (N-methyl/N-ethyl adjacent to an activating group) is 2. The van der Waals surface area contributed by atoms with Crippen LogP contribution < -0.4 is 9.46 Å². The van der Waals surface area contributed by atoms with Crippen molar-refractivity contribution in [3.8, 4) is 17.0 Å². The Morgan fingerprint density at radius 2 is 1.73 bits per heavy atom. The summed E-state index contributed by atoms with van der Waals surface area (Å²) in [7, 11) is 6.02. The molecule has 1 aliphatic carbocycles. The van der Waals surface area contributed by atoms with Gasteiger partial charge < -0.3 is 19.1 Å². The first-order chi connectivity index (χ1) is 20.9. The third-order valence-corrected chi connectivity index (χ3v) is 10.3. The van der Waals surface area contributed by atoms with Crippen LogP contribution in [0.25, 0.3) is 28.2 Å². The first-order valence-electron chi connectivity index (χ1n) is 15.1. The van der Waals surface area contributed by atoms with E-state index >= 15 is 0 Å². The Bertz CT molecular complexity index is 1720. The van der Waals surface area contributed by atoms with Gasteiger partial charge in [-0.3, -0.25) is 9.59 Å². The van der Waals surface area contributed by atoms with Gasteiger partial charge in [0.05, 0.1) is 25.9 Å². The summed E-state index contributed by atoms with van der Waals surface area (Å²) in [6, 6.07) is 12.1. The number of carbonyl (C=O) groups is 2. The second kappa shape index (κ2) is 12.7. The van der Waals surface area contributed by atoms with Crippen LogP contribution in [0, 0.1) is 0 Å². The number of benzene rings is 2. The number of hydrogen-bond donors (Lipinski definition) is 1. The molecule has 10 nitrogen and oxygen atoms in total. The minimum absolute atomic E-state index is 0.0308. The summed E-state index contributed by atoms with van der Waals surface area (Å²) in [6.45, 7) is 0.416. The molecule has 1 saturated carbocycles. The van der Waals surface area contributed by atoms with Crippen molar-refractivity contribution in [1.29, 1.82) is 0 Å². The van der Waals surface area contributed by atoms with Crippen molar-refractivity contribution in [2.24, 2.45) is 0 Å². The zero-order chi connectivity index (χ0) is 31.8. The number of nitrogens with zero attached hydrogens (tertiary/aromatic N) is 4. The maximum atomic E-state index is 13.9. The summed E-state index contributed by atoms with van der Waals surface area (Å²) in [5.41, 5.74) is 6.61. The highest BCUT2D eigenvalue weighted by atomic mass is 32.2. The maximum absolute atomic E-state index is 13.9. The SMILES string of the molecule is COc1ccc2c(c1)C=C(C(=O)N(C)CC(=O)N(C)C)Cn1c-2c(C2CCCCC2)c2ccc(CNS(=O)(=O)N(C)C)cc21. The second-order valence-electron chi connectivity index (χ2n) is 12.2. The Hall–Kier alpha value is -3.67. The number of aromatic nitrogens is 1. The molecule has 5 rings (SSSR count). The zero-order valence-electron chi connectivity index (χ0n) is 26.5. The van der Waals surface area contributed by atoms with Crippen LogP contribution in [0.1, 0.15) is 54.7 Å².